The molecule has 0 atom stereocenters. The molecule has 0 radical (unpaired) electrons. The molecule has 0 bridgehead atoms. The molecule has 0 fully saturated rings. The molecular weight excluding hydrogens is 284 g/mol. The molecule has 0 spiro atoms. The maximum atomic E-state index is 11.9. The molecule has 21 heavy (non-hydrogen) atoms. The van der Waals surface area contributed by atoms with Crippen LogP contribution < -0.4 is 4.72 Å². The summed E-state index contributed by atoms with van der Waals surface area (Å²) in [6.07, 6.45) is 3.09. The number of nitrogens with zero attached hydrogens (tertiary/aromatic N) is 1. The van der Waals surface area contributed by atoms with Crippen LogP contribution >= 0.6 is 0 Å². The van der Waals surface area contributed by atoms with Crippen LogP contribution in [0.3, 0.4) is 0 Å². The molecule has 0 aliphatic heterocycles. The topological polar surface area (TPSA) is 49.4 Å². The van der Waals surface area contributed by atoms with Crippen molar-refractivity contribution in [2.24, 2.45) is 0 Å². The van der Waals surface area contributed by atoms with Gasteiger partial charge in [-0.1, -0.05) is 50.6 Å². The summed E-state index contributed by atoms with van der Waals surface area (Å²) < 4.78 is 26.5. The van der Waals surface area contributed by atoms with Crippen molar-refractivity contribution in [3.05, 3.63) is 35.9 Å². The third kappa shape index (κ3) is 8.19. The Hall–Kier alpha value is -0.910. The summed E-state index contributed by atoms with van der Waals surface area (Å²) in [5.41, 5.74) is 0.825. The Morgan fingerprint density at radius 3 is 2.29 bits per heavy atom. The molecule has 1 N–H and O–H groups in total. The smallest absolute Gasteiger partial charge is 0.215 e. The lowest BCUT2D eigenvalue weighted by Crippen LogP contribution is -2.27. The standard InChI is InChI=1S/C16H28N2O2S/c1-3-18(4-2)14-10-6-9-13-17-21(19,20)15-16-11-7-5-8-12-16/h5,7-8,11-12,17H,3-4,6,9-10,13-15H2,1-2H3. The quantitative estimate of drug-likeness (QED) is 0.639. The van der Waals surface area contributed by atoms with E-state index in [9.17, 15) is 8.42 Å². The molecule has 1 aromatic rings. The maximum absolute atomic E-state index is 11.9. The monoisotopic (exact) mass is 312 g/mol. The number of hydrogen-bond acceptors (Lipinski definition) is 3. The molecule has 0 aliphatic rings. The highest BCUT2D eigenvalue weighted by Crippen LogP contribution is 2.04. The zero-order valence-corrected chi connectivity index (χ0v) is 14.0. The molecule has 0 heterocycles. The molecule has 1 rings (SSSR count). The van der Waals surface area contributed by atoms with E-state index in [-0.39, 0.29) is 5.75 Å². The molecule has 120 valence electrons. The van der Waals surface area contributed by atoms with E-state index in [1.54, 1.807) is 0 Å². The van der Waals surface area contributed by atoms with E-state index >= 15 is 0 Å². The van der Waals surface area contributed by atoms with Crippen LogP contribution in [-0.4, -0.2) is 39.5 Å². The van der Waals surface area contributed by atoms with Gasteiger partial charge in [0.25, 0.3) is 0 Å². The molecule has 0 aromatic heterocycles. The number of sulfonamides is 1. The Morgan fingerprint density at radius 2 is 1.67 bits per heavy atom. The van der Waals surface area contributed by atoms with Gasteiger partial charge in [-0.15, -0.1) is 0 Å². The van der Waals surface area contributed by atoms with Gasteiger partial charge in [0.05, 0.1) is 5.75 Å². The van der Waals surface area contributed by atoms with Gasteiger partial charge in [-0.05, 0) is 38.0 Å². The van der Waals surface area contributed by atoms with Crippen molar-refractivity contribution in [3.63, 3.8) is 0 Å². The number of nitrogens with one attached hydrogen (secondary N) is 1. The minimum atomic E-state index is -3.21. The highest BCUT2D eigenvalue weighted by atomic mass is 32.2. The van der Waals surface area contributed by atoms with Gasteiger partial charge < -0.3 is 4.90 Å². The lowest BCUT2D eigenvalue weighted by atomic mass is 10.2. The first kappa shape index (κ1) is 18.1. The Balaban J connectivity index is 2.17. The van der Waals surface area contributed by atoms with Crippen molar-refractivity contribution >= 4 is 10.0 Å². The summed E-state index contributed by atoms with van der Waals surface area (Å²) >= 11 is 0. The fraction of sp³-hybridized carbons (Fsp3) is 0.625. The predicted molar refractivity (Wildman–Crippen MR) is 88.7 cm³/mol. The van der Waals surface area contributed by atoms with Crippen molar-refractivity contribution in [2.75, 3.05) is 26.2 Å². The molecular formula is C16H28N2O2S. The molecule has 0 saturated carbocycles. The van der Waals surface area contributed by atoms with Crippen molar-refractivity contribution in [2.45, 2.75) is 38.9 Å². The fourth-order valence-corrected chi connectivity index (χ4v) is 3.44. The average Bonchev–Trinajstić information content (AvgIpc) is 2.47. The van der Waals surface area contributed by atoms with E-state index in [1.807, 2.05) is 30.3 Å². The Kier molecular flexibility index (Phi) is 8.57. The first-order valence-electron chi connectivity index (χ1n) is 7.81. The molecule has 4 nitrogen and oxygen atoms in total. The van der Waals surface area contributed by atoms with E-state index in [2.05, 4.69) is 23.5 Å². The first-order valence-corrected chi connectivity index (χ1v) is 9.46. The fourth-order valence-electron chi connectivity index (χ4n) is 2.25. The van der Waals surface area contributed by atoms with Crippen LogP contribution in [0.2, 0.25) is 0 Å². The molecule has 5 heteroatoms. The summed E-state index contributed by atoms with van der Waals surface area (Å²) in [7, 11) is -3.21. The molecule has 1 aromatic carbocycles. The minimum Gasteiger partial charge on any atom is -0.304 e. The number of rotatable bonds is 11. The lowest BCUT2D eigenvalue weighted by molar-refractivity contribution is 0.296. The van der Waals surface area contributed by atoms with Gasteiger partial charge in [0, 0.05) is 6.54 Å². The van der Waals surface area contributed by atoms with Gasteiger partial charge in [0.15, 0.2) is 0 Å². The van der Waals surface area contributed by atoms with Gasteiger partial charge in [-0.2, -0.15) is 0 Å². The summed E-state index contributed by atoms with van der Waals surface area (Å²) in [4.78, 5) is 2.39. The number of benzene rings is 1. The van der Waals surface area contributed by atoms with Crippen LogP contribution in [0.25, 0.3) is 0 Å². The highest BCUT2D eigenvalue weighted by molar-refractivity contribution is 7.88. The van der Waals surface area contributed by atoms with E-state index in [0.29, 0.717) is 6.54 Å². The molecule has 0 saturated heterocycles. The average molecular weight is 312 g/mol. The maximum Gasteiger partial charge on any atom is 0.215 e. The van der Waals surface area contributed by atoms with E-state index in [4.69, 9.17) is 0 Å². The van der Waals surface area contributed by atoms with Crippen molar-refractivity contribution < 1.29 is 8.42 Å². The van der Waals surface area contributed by atoms with Crippen LogP contribution in [0, 0.1) is 0 Å². The Morgan fingerprint density at radius 1 is 1.00 bits per heavy atom. The van der Waals surface area contributed by atoms with Crippen LogP contribution in [0.5, 0.6) is 0 Å². The second-order valence-electron chi connectivity index (χ2n) is 5.23. The summed E-state index contributed by atoms with van der Waals surface area (Å²) in [5.74, 6) is 0.0628. The summed E-state index contributed by atoms with van der Waals surface area (Å²) in [6.45, 7) is 8.14. The molecule has 0 amide bonds. The normalized spacial score (nSPS) is 12.0. The summed E-state index contributed by atoms with van der Waals surface area (Å²) in [5, 5.41) is 0. The van der Waals surface area contributed by atoms with Crippen LogP contribution in [0.4, 0.5) is 0 Å². The largest absolute Gasteiger partial charge is 0.304 e. The zero-order chi connectivity index (χ0) is 15.6. The van der Waals surface area contributed by atoms with E-state index < -0.39 is 10.0 Å². The van der Waals surface area contributed by atoms with Crippen molar-refractivity contribution in [3.8, 4) is 0 Å². The van der Waals surface area contributed by atoms with Crippen LogP contribution in [0.1, 0.15) is 38.7 Å². The Labute approximate surface area is 129 Å². The highest BCUT2D eigenvalue weighted by Gasteiger charge is 2.10. The molecule has 0 aliphatic carbocycles. The second-order valence-corrected chi connectivity index (χ2v) is 7.03. The lowest BCUT2D eigenvalue weighted by Gasteiger charge is -2.17. The van der Waals surface area contributed by atoms with E-state index in [0.717, 1.165) is 44.5 Å². The predicted octanol–water partition coefficient (Wildman–Crippen LogP) is 2.62. The van der Waals surface area contributed by atoms with Gasteiger partial charge in [-0.3, -0.25) is 0 Å². The van der Waals surface area contributed by atoms with Gasteiger partial charge in [0.1, 0.15) is 0 Å². The third-order valence-corrected chi connectivity index (χ3v) is 4.92. The van der Waals surface area contributed by atoms with Crippen molar-refractivity contribution in [1.29, 1.82) is 0 Å². The zero-order valence-electron chi connectivity index (χ0n) is 13.2. The number of unbranched alkanes of at least 4 members (excludes halogenated alkanes) is 2. The SMILES string of the molecule is CCN(CC)CCCCCNS(=O)(=O)Cc1ccccc1. The van der Waals surface area contributed by atoms with Crippen LogP contribution in [0.15, 0.2) is 30.3 Å². The summed E-state index contributed by atoms with van der Waals surface area (Å²) in [6, 6.07) is 9.28. The van der Waals surface area contributed by atoms with Gasteiger partial charge in [-0.25, -0.2) is 13.1 Å². The Bertz CT molecular complexity index is 470. The third-order valence-electron chi connectivity index (χ3n) is 3.57. The minimum absolute atomic E-state index is 0.0628. The van der Waals surface area contributed by atoms with E-state index in [1.165, 1.54) is 0 Å². The molecule has 0 unspecified atom stereocenters. The van der Waals surface area contributed by atoms with Gasteiger partial charge in [0.2, 0.25) is 10.0 Å². The first-order chi connectivity index (χ1) is 10.1. The number of hydrogen-bond donors (Lipinski definition) is 1. The van der Waals surface area contributed by atoms with Crippen molar-refractivity contribution in [1.82, 2.24) is 9.62 Å². The van der Waals surface area contributed by atoms with Crippen LogP contribution in [-0.2, 0) is 15.8 Å². The van der Waals surface area contributed by atoms with Gasteiger partial charge >= 0.3 is 0 Å². The second kappa shape index (κ2) is 9.92.